The zero-order chi connectivity index (χ0) is 99.5. The van der Waals surface area contributed by atoms with E-state index in [1.165, 1.54) is 83.9 Å². The summed E-state index contributed by atoms with van der Waals surface area (Å²) in [5.41, 5.74) is 31.8. The molecule has 716 valence electrons. The number of benzene rings is 14. The van der Waals surface area contributed by atoms with Crippen LogP contribution in [0.2, 0.25) is 0 Å². The molecule has 2 aliphatic rings. The second-order valence-electron chi connectivity index (χ2n) is 32.4. The Kier molecular flexibility index (Phi) is 35.1. The van der Waals surface area contributed by atoms with Crippen molar-refractivity contribution in [1.29, 1.82) is 0 Å². The summed E-state index contributed by atoms with van der Waals surface area (Å²) >= 11 is 7.93. The number of aryl methyl sites for hydroxylation is 2. The average Bonchev–Trinajstić information content (AvgIpc) is 1.51. The predicted molar refractivity (Wildman–Crippen MR) is 562 cm³/mol. The average molecular weight is 2700 g/mol. The van der Waals surface area contributed by atoms with Crippen molar-refractivity contribution in [2.45, 2.75) is 19.3 Å². The van der Waals surface area contributed by atoms with Crippen LogP contribution in [0.25, 0.3) is 139 Å². The first-order valence-corrected chi connectivity index (χ1v) is 57.0. The van der Waals surface area contributed by atoms with Crippen LogP contribution in [0.15, 0.2) is 448 Å². The number of hydrogen-bond acceptors (Lipinski definition) is 14. The molecule has 0 saturated heterocycles. The minimum Gasteiger partial charge on any atom is -0.459 e. The summed E-state index contributed by atoms with van der Waals surface area (Å²) in [5.74, 6) is 5.23. The topological polar surface area (TPSA) is 163 Å². The molecule has 0 amide bonds. The van der Waals surface area contributed by atoms with E-state index in [2.05, 4.69) is 330 Å². The van der Waals surface area contributed by atoms with Gasteiger partial charge in [-0.3, -0.25) is 9.36 Å². The minimum atomic E-state index is -0.338. The van der Waals surface area contributed by atoms with Crippen molar-refractivity contribution in [2.24, 2.45) is 7.05 Å². The Morgan fingerprint density at radius 3 is 1.11 bits per heavy atom. The first-order valence-electron chi connectivity index (χ1n) is 45.0. The van der Waals surface area contributed by atoms with Gasteiger partial charge in [-0.1, -0.05) is 303 Å². The third-order valence-corrected chi connectivity index (χ3v) is 24.7. The van der Waals surface area contributed by atoms with Gasteiger partial charge in [0, 0.05) is 118 Å². The minimum absolute atomic E-state index is 0.338. The van der Waals surface area contributed by atoms with Gasteiger partial charge in [-0.2, -0.15) is 11.2 Å². The Morgan fingerprint density at radius 1 is 0.306 bits per heavy atom. The Hall–Kier alpha value is -13.9. The van der Waals surface area contributed by atoms with E-state index >= 15 is 0 Å². The maximum atomic E-state index is 5.97. The summed E-state index contributed by atoms with van der Waals surface area (Å²) in [5, 5.41) is 13.9. The Bertz CT molecular complexity index is 7720. The first kappa shape index (κ1) is 102. The molecule has 144 heavy (non-hydrogen) atoms. The Labute approximate surface area is 901 Å². The second-order valence-corrected chi connectivity index (χ2v) is 33.2. The summed E-state index contributed by atoms with van der Waals surface area (Å²) in [7, 11) is 20.4. The van der Waals surface area contributed by atoms with E-state index in [0.29, 0.717) is 58.0 Å². The van der Waals surface area contributed by atoms with Crippen LogP contribution in [0.1, 0.15) is 33.6 Å². The molecule has 0 atom stereocenters. The van der Waals surface area contributed by atoms with Crippen molar-refractivity contribution in [3.05, 3.63) is 501 Å². The molecule has 8 aromatic heterocycles. The molecule has 15 nitrogen and oxygen atoms in total. The summed E-state index contributed by atoms with van der Waals surface area (Å²) in [6.45, 7) is 4.21. The van der Waals surface area contributed by atoms with Crippen LogP contribution in [-0.4, -0.2) is 49.0 Å². The van der Waals surface area contributed by atoms with Crippen LogP contribution in [-0.2, 0) is 87.6 Å². The molecule has 0 aliphatic heterocycles. The number of nitrogens with zero attached hydrogens (tertiary/aromatic N) is 10. The van der Waals surface area contributed by atoms with E-state index in [-0.39, 0.29) is 5.41 Å². The fourth-order valence-corrected chi connectivity index (χ4v) is 18.3. The summed E-state index contributed by atoms with van der Waals surface area (Å²) in [4.78, 5) is 18.0. The summed E-state index contributed by atoms with van der Waals surface area (Å²) < 4.78 is 37.4. The Balaban J connectivity index is 0.000000131. The van der Waals surface area contributed by atoms with Crippen molar-refractivity contribution < 1.29 is 98.6 Å². The fourth-order valence-electron chi connectivity index (χ4n) is 17.5. The summed E-state index contributed by atoms with van der Waals surface area (Å²) in [6, 6.07) is 155. The maximum Gasteiger partial charge on any atom is 0.217 e. The quantitative estimate of drug-likeness (QED) is 0.0704. The number of rotatable bonds is 19. The van der Waals surface area contributed by atoms with Crippen molar-refractivity contribution in [3.63, 3.8) is 0 Å². The van der Waals surface area contributed by atoms with Crippen LogP contribution in [0, 0.1) is 38.1 Å². The number of ether oxygens (including phenoxy) is 4. The number of fused-ring (bicyclic) bond motifs is 10. The van der Waals surface area contributed by atoms with E-state index in [9.17, 15) is 0 Å². The third-order valence-electron chi connectivity index (χ3n) is 23.8. The van der Waals surface area contributed by atoms with Gasteiger partial charge in [0.15, 0.2) is 5.76 Å². The number of hydrogen-bond donors (Lipinski definition) is 0. The molecule has 1 spiro atoms. The smallest absolute Gasteiger partial charge is 0.217 e. The van der Waals surface area contributed by atoms with Crippen LogP contribution in [0.5, 0.6) is 46.5 Å². The standard InChI is InChI=1S/C41H28N3O.C27H20N3O.C26H17N2O2.C26H17N2OS.4ClH.4Pt/c1-26-40(27(2)44(43-26)29-12-11-13-30(25-29)45-39-20-9-10-23-42-39)28-21-22-38-34(24-28)33-16-5-8-19-37(33)41(38)35-17-6-3-14-31(35)32-15-4-7-18-36(32)41;1-30-26(22-15-13-21(14-16-22)20-8-3-2-4-9-20)19-25(29-30)23-10-7-11-24(18-23)31-27-12-5-6-17-28-27;2*1-2-7-19(8-3-1)20-12-14-21(15-13-20)25-18-24(28-30-25)22-9-6-10-23(17-22)29-26-11-4-5-16-27-26;;;;;;;;/h3-24H,1-2H3;2-17,19H,1H3;2*1-16,18H;4*1H;;;;/q4*-1;;;;;4*+2/p-4. The van der Waals surface area contributed by atoms with E-state index in [1.807, 2.05) is 204 Å². The second kappa shape index (κ2) is 49.8. The zero-order valence-electron chi connectivity index (χ0n) is 76.8. The molecule has 14 aromatic carbocycles. The molecule has 22 aromatic rings. The molecule has 0 N–H and O–H groups in total. The third kappa shape index (κ3) is 23.6. The molecule has 0 saturated carbocycles. The molecule has 0 fully saturated rings. The van der Waals surface area contributed by atoms with Gasteiger partial charge in [0.25, 0.3) is 0 Å². The predicted octanol–water partition coefficient (Wildman–Crippen LogP) is 32.4. The SMILES string of the molecule is Cc1nn(-c2[c-]c(Oc3ccccn3)ccc2)c(C)c1-c1ccc2c(c1)-c1ccccc1C21c2ccccc2-c2ccccc21.Cn1nc(-c2[c-]c(Oc3ccccn3)ccc2)cc1-c1ccc(-c2ccccc2)cc1.[Cl][Pt+].[Cl][Pt+].[Cl][Pt+].[Cl][Pt+].[c-]1c(Oc2ccccn2)cccc1-c1cc(-c2ccc(-c3ccccc3)cc2)on1.[c-]1c(Oc2ccccn2)cccc1-c1cc(-c2ccc(-c3ccccc3)cc2)sn1. The van der Waals surface area contributed by atoms with Gasteiger partial charge in [-0.15, -0.1) is 94.6 Å². The van der Waals surface area contributed by atoms with Crippen molar-refractivity contribution in [2.75, 3.05) is 0 Å². The Morgan fingerprint density at radius 2 is 0.667 bits per heavy atom. The van der Waals surface area contributed by atoms with Gasteiger partial charge in [-0.05, 0) is 162 Å². The maximum absolute atomic E-state index is 5.97. The van der Waals surface area contributed by atoms with Crippen molar-refractivity contribution >= 4 is 49.2 Å². The molecule has 0 bridgehead atoms. The van der Waals surface area contributed by atoms with Crippen LogP contribution in [0.4, 0.5) is 0 Å². The monoisotopic (exact) mass is 2690 g/mol. The van der Waals surface area contributed by atoms with E-state index in [0.717, 1.165) is 89.1 Å². The fraction of sp³-hybridized carbons (Fsp3) is 0.0333. The van der Waals surface area contributed by atoms with Crippen molar-refractivity contribution in [1.82, 2.24) is 49.0 Å². The molecular weight excluding hydrogens is 2620 g/mol. The molecular formula is C120H82Cl4N10O5Pt4S. The first-order chi connectivity index (χ1) is 71.1. The van der Waals surface area contributed by atoms with Crippen molar-refractivity contribution in [3.8, 4) is 186 Å². The van der Waals surface area contributed by atoms with E-state index < -0.39 is 0 Å². The molecule has 8 heterocycles. The number of aromatic nitrogens is 10. The largest absolute Gasteiger partial charge is 0.459 e. The van der Waals surface area contributed by atoms with Gasteiger partial charge in [0.1, 0.15) is 0 Å². The number of pyridine rings is 4. The van der Waals surface area contributed by atoms with Crippen LogP contribution < -0.4 is 18.9 Å². The molecule has 24 rings (SSSR count). The van der Waals surface area contributed by atoms with Crippen LogP contribution >= 0.6 is 49.2 Å². The zero-order valence-corrected chi connectivity index (χ0v) is 89.8. The normalized spacial score (nSPS) is 11.1. The molecule has 0 radical (unpaired) electrons. The van der Waals surface area contributed by atoms with Gasteiger partial charge >= 0.3 is 113 Å². The molecule has 2 aliphatic carbocycles. The van der Waals surface area contributed by atoms with Gasteiger partial charge in [-0.25, -0.2) is 29.4 Å². The molecule has 0 unspecified atom stereocenters. The van der Waals surface area contributed by atoms with E-state index in [4.69, 9.17) is 33.7 Å². The van der Waals surface area contributed by atoms with Gasteiger partial charge in [0.05, 0.1) is 16.8 Å². The van der Waals surface area contributed by atoms with Gasteiger partial charge < -0.3 is 23.5 Å². The molecule has 24 heteroatoms. The van der Waals surface area contributed by atoms with E-state index in [1.54, 1.807) is 106 Å². The number of halogens is 4. The van der Waals surface area contributed by atoms with Crippen LogP contribution in [0.3, 0.4) is 0 Å². The van der Waals surface area contributed by atoms with Gasteiger partial charge in [0.2, 0.25) is 23.5 Å². The summed E-state index contributed by atoms with van der Waals surface area (Å²) in [6.07, 6.45) is 6.81.